The molecule has 0 fully saturated rings. The van der Waals surface area contributed by atoms with Crippen molar-refractivity contribution in [3.05, 3.63) is 53.1 Å². The fourth-order valence-electron chi connectivity index (χ4n) is 3.16. The van der Waals surface area contributed by atoms with Crippen LogP contribution in [0.3, 0.4) is 0 Å². The van der Waals surface area contributed by atoms with Crippen molar-refractivity contribution < 1.29 is 9.47 Å². The summed E-state index contributed by atoms with van der Waals surface area (Å²) in [6.07, 6.45) is 2.20. The third-order valence-electron chi connectivity index (χ3n) is 4.33. The first-order valence-electron chi connectivity index (χ1n) is 7.50. The summed E-state index contributed by atoms with van der Waals surface area (Å²) < 4.78 is 10.9. The molecule has 0 bridgehead atoms. The zero-order valence-corrected chi connectivity index (χ0v) is 12.2. The Kier molecular flexibility index (Phi) is 2.99. The molecule has 0 saturated heterocycles. The molecular formula is C18H19NO2. The van der Waals surface area contributed by atoms with Gasteiger partial charge in [-0.05, 0) is 42.9 Å². The van der Waals surface area contributed by atoms with Crippen molar-refractivity contribution in [3.63, 3.8) is 0 Å². The van der Waals surface area contributed by atoms with Gasteiger partial charge in [-0.15, -0.1) is 0 Å². The van der Waals surface area contributed by atoms with Crippen LogP contribution in [-0.2, 0) is 12.8 Å². The molecule has 0 aliphatic carbocycles. The summed E-state index contributed by atoms with van der Waals surface area (Å²) in [6.45, 7) is 3.48. The molecule has 2 aliphatic heterocycles. The normalized spacial score (nSPS) is 19.0. The molecule has 2 heterocycles. The highest BCUT2D eigenvalue weighted by Crippen LogP contribution is 2.39. The first kappa shape index (κ1) is 12.6. The van der Waals surface area contributed by atoms with E-state index in [4.69, 9.17) is 9.47 Å². The molecule has 2 aromatic rings. The predicted octanol–water partition coefficient (Wildman–Crippen LogP) is 3.55. The van der Waals surface area contributed by atoms with E-state index in [1.54, 1.807) is 0 Å². The van der Waals surface area contributed by atoms with Crippen molar-refractivity contribution in [2.24, 2.45) is 5.92 Å². The van der Waals surface area contributed by atoms with Gasteiger partial charge in [-0.2, -0.15) is 0 Å². The molecule has 0 spiro atoms. The van der Waals surface area contributed by atoms with E-state index in [2.05, 4.69) is 48.6 Å². The Balaban J connectivity index is 1.52. The third kappa shape index (κ3) is 2.44. The summed E-state index contributed by atoms with van der Waals surface area (Å²) >= 11 is 0. The highest BCUT2D eigenvalue weighted by Gasteiger charge is 2.23. The molecule has 1 N–H and O–H groups in total. The lowest BCUT2D eigenvalue weighted by molar-refractivity contribution is 0.174. The van der Waals surface area contributed by atoms with E-state index in [-0.39, 0.29) is 0 Å². The van der Waals surface area contributed by atoms with Crippen LogP contribution < -0.4 is 14.8 Å². The molecule has 0 radical (unpaired) electrons. The lowest BCUT2D eigenvalue weighted by Gasteiger charge is -2.26. The fraction of sp³-hybridized carbons (Fsp3) is 0.333. The summed E-state index contributed by atoms with van der Waals surface area (Å²) in [5.74, 6) is 2.37. The third-order valence-corrected chi connectivity index (χ3v) is 4.33. The molecule has 108 valence electrons. The van der Waals surface area contributed by atoms with Crippen molar-refractivity contribution in [2.75, 3.05) is 18.7 Å². The van der Waals surface area contributed by atoms with E-state index in [0.717, 1.165) is 30.9 Å². The maximum atomic E-state index is 5.48. The molecule has 2 aromatic carbocycles. The Morgan fingerprint density at radius 2 is 1.86 bits per heavy atom. The second kappa shape index (κ2) is 4.99. The number of nitrogens with one attached hydrogen (secondary N) is 1. The summed E-state index contributed by atoms with van der Waals surface area (Å²) in [4.78, 5) is 0. The zero-order valence-electron chi connectivity index (χ0n) is 12.2. The maximum Gasteiger partial charge on any atom is 0.231 e. The Morgan fingerprint density at radius 3 is 2.67 bits per heavy atom. The van der Waals surface area contributed by atoms with Gasteiger partial charge in [0.05, 0.1) is 0 Å². The van der Waals surface area contributed by atoms with Crippen LogP contribution in [0.5, 0.6) is 11.5 Å². The van der Waals surface area contributed by atoms with E-state index >= 15 is 0 Å². The number of benzene rings is 2. The van der Waals surface area contributed by atoms with Gasteiger partial charge in [-0.25, -0.2) is 0 Å². The van der Waals surface area contributed by atoms with Crippen LogP contribution in [0.15, 0.2) is 36.4 Å². The lowest BCUT2D eigenvalue weighted by Crippen LogP contribution is -2.24. The van der Waals surface area contributed by atoms with Crippen molar-refractivity contribution >= 4 is 5.69 Å². The van der Waals surface area contributed by atoms with Gasteiger partial charge in [-0.1, -0.05) is 29.8 Å². The van der Waals surface area contributed by atoms with Gasteiger partial charge in [-0.3, -0.25) is 0 Å². The molecule has 0 amide bonds. The Morgan fingerprint density at radius 1 is 1.10 bits per heavy atom. The smallest absolute Gasteiger partial charge is 0.231 e. The number of fused-ring (bicyclic) bond motifs is 2. The van der Waals surface area contributed by atoms with Crippen LogP contribution in [0.4, 0.5) is 5.69 Å². The highest BCUT2D eigenvalue weighted by molar-refractivity contribution is 5.62. The predicted molar refractivity (Wildman–Crippen MR) is 83.1 cm³/mol. The largest absolute Gasteiger partial charge is 0.454 e. The molecule has 0 aromatic heterocycles. The van der Waals surface area contributed by atoms with Crippen LogP contribution in [-0.4, -0.2) is 13.3 Å². The Bertz CT molecular complexity index is 664. The van der Waals surface area contributed by atoms with Gasteiger partial charge in [0, 0.05) is 18.3 Å². The summed E-state index contributed by atoms with van der Waals surface area (Å²) in [7, 11) is 0. The van der Waals surface area contributed by atoms with Crippen LogP contribution >= 0.6 is 0 Å². The van der Waals surface area contributed by atoms with Crippen LogP contribution in [0, 0.1) is 12.8 Å². The van der Waals surface area contributed by atoms with E-state index in [1.807, 2.05) is 0 Å². The number of aryl methyl sites for hydroxylation is 1. The van der Waals surface area contributed by atoms with Gasteiger partial charge < -0.3 is 14.8 Å². The number of hydrogen-bond acceptors (Lipinski definition) is 3. The van der Waals surface area contributed by atoms with Gasteiger partial charge in [0.15, 0.2) is 11.5 Å². The minimum absolute atomic E-state index is 0.338. The number of anilines is 1. The molecular weight excluding hydrogens is 262 g/mol. The van der Waals surface area contributed by atoms with E-state index < -0.39 is 0 Å². The van der Waals surface area contributed by atoms with Crippen molar-refractivity contribution in [1.82, 2.24) is 0 Å². The van der Waals surface area contributed by atoms with Gasteiger partial charge in [0.1, 0.15) is 0 Å². The SMILES string of the molecule is Cc1ccc(CC2CNc3cc4c(cc3C2)OCO4)cc1. The summed E-state index contributed by atoms with van der Waals surface area (Å²) in [6, 6.07) is 13.1. The average Bonchev–Trinajstić information content (AvgIpc) is 2.94. The van der Waals surface area contributed by atoms with Crippen LogP contribution in [0.2, 0.25) is 0 Å². The quantitative estimate of drug-likeness (QED) is 0.913. The minimum Gasteiger partial charge on any atom is -0.454 e. The van der Waals surface area contributed by atoms with Gasteiger partial charge in [0.2, 0.25) is 6.79 Å². The maximum absolute atomic E-state index is 5.48. The van der Waals surface area contributed by atoms with E-state index in [9.17, 15) is 0 Å². The van der Waals surface area contributed by atoms with Gasteiger partial charge >= 0.3 is 0 Å². The lowest BCUT2D eigenvalue weighted by atomic mass is 9.88. The Hall–Kier alpha value is -2.16. The van der Waals surface area contributed by atoms with Crippen LogP contribution in [0.1, 0.15) is 16.7 Å². The second-order valence-corrected chi connectivity index (χ2v) is 6.00. The highest BCUT2D eigenvalue weighted by atomic mass is 16.7. The number of ether oxygens (including phenoxy) is 2. The Labute approximate surface area is 124 Å². The van der Waals surface area contributed by atoms with Crippen molar-refractivity contribution in [2.45, 2.75) is 19.8 Å². The number of hydrogen-bond donors (Lipinski definition) is 1. The second-order valence-electron chi connectivity index (χ2n) is 6.00. The van der Waals surface area contributed by atoms with E-state index in [0.29, 0.717) is 12.7 Å². The van der Waals surface area contributed by atoms with Gasteiger partial charge in [0.25, 0.3) is 0 Å². The topological polar surface area (TPSA) is 30.5 Å². The van der Waals surface area contributed by atoms with Crippen molar-refractivity contribution in [1.29, 1.82) is 0 Å². The molecule has 21 heavy (non-hydrogen) atoms. The summed E-state index contributed by atoms with van der Waals surface area (Å²) in [5, 5.41) is 3.54. The molecule has 0 saturated carbocycles. The average molecular weight is 281 g/mol. The number of rotatable bonds is 2. The first-order valence-corrected chi connectivity index (χ1v) is 7.50. The van der Waals surface area contributed by atoms with E-state index in [1.165, 1.54) is 22.4 Å². The molecule has 1 atom stereocenters. The fourth-order valence-corrected chi connectivity index (χ4v) is 3.16. The summed E-state index contributed by atoms with van der Waals surface area (Å²) in [5.41, 5.74) is 5.26. The standard InChI is InChI=1S/C18H19NO2/c1-12-2-4-13(5-3-12)6-14-7-15-8-17-18(21-11-20-17)9-16(15)19-10-14/h2-5,8-9,14,19H,6-7,10-11H2,1H3. The van der Waals surface area contributed by atoms with Crippen LogP contribution in [0.25, 0.3) is 0 Å². The molecule has 3 heteroatoms. The molecule has 4 rings (SSSR count). The molecule has 2 aliphatic rings. The molecule has 3 nitrogen and oxygen atoms in total. The monoisotopic (exact) mass is 281 g/mol. The first-order chi connectivity index (χ1) is 10.3. The van der Waals surface area contributed by atoms with Crippen molar-refractivity contribution in [3.8, 4) is 11.5 Å². The molecule has 1 unspecified atom stereocenters. The minimum atomic E-state index is 0.338. The zero-order chi connectivity index (χ0) is 14.2.